The van der Waals surface area contributed by atoms with E-state index >= 15 is 0 Å². The van der Waals surface area contributed by atoms with Gasteiger partial charge < -0.3 is 10.3 Å². The van der Waals surface area contributed by atoms with E-state index in [-0.39, 0.29) is 0 Å². The fourth-order valence-electron chi connectivity index (χ4n) is 2.74. The molecule has 0 saturated heterocycles. The molecule has 1 atom stereocenters. The van der Waals surface area contributed by atoms with E-state index in [2.05, 4.69) is 28.6 Å². The largest absolute Gasteiger partial charge is 0.330 e. The molecule has 1 unspecified atom stereocenters. The zero-order valence-electron chi connectivity index (χ0n) is 11.0. The van der Waals surface area contributed by atoms with Crippen LogP contribution < -0.4 is 5.73 Å². The van der Waals surface area contributed by atoms with E-state index in [1.807, 2.05) is 0 Å². The maximum Gasteiger partial charge on any atom is 0.133 e. The molecule has 1 aliphatic rings. The van der Waals surface area contributed by atoms with Crippen LogP contribution in [0.5, 0.6) is 0 Å². The second-order valence-corrected chi connectivity index (χ2v) is 5.41. The lowest BCUT2D eigenvalue weighted by atomic mass is 9.88. The summed E-state index contributed by atoms with van der Waals surface area (Å²) in [5.41, 5.74) is 5.67. The second-order valence-electron chi connectivity index (χ2n) is 5.41. The van der Waals surface area contributed by atoms with Gasteiger partial charge in [-0.2, -0.15) is 0 Å². The van der Waals surface area contributed by atoms with E-state index in [4.69, 9.17) is 5.73 Å². The third-order valence-corrected chi connectivity index (χ3v) is 3.91. The van der Waals surface area contributed by atoms with Gasteiger partial charge in [0.1, 0.15) is 11.6 Å². The molecule has 0 radical (unpaired) electrons. The van der Waals surface area contributed by atoms with Crippen molar-refractivity contribution in [3.63, 3.8) is 0 Å². The summed E-state index contributed by atoms with van der Waals surface area (Å²) in [6, 6.07) is 0. The van der Waals surface area contributed by atoms with Crippen LogP contribution in [0.3, 0.4) is 0 Å². The average molecular weight is 236 g/mol. The number of fused-ring (bicyclic) bond motifs is 1. The normalized spacial score (nSPS) is 16.5. The first-order chi connectivity index (χ1) is 8.22. The molecule has 0 aliphatic carbocycles. The molecule has 0 fully saturated rings. The molecule has 17 heavy (non-hydrogen) atoms. The van der Waals surface area contributed by atoms with Gasteiger partial charge in [0.15, 0.2) is 0 Å². The van der Waals surface area contributed by atoms with E-state index in [1.54, 1.807) is 0 Å². The standard InChI is InChI=1S/C13H24N4/c1-10(2)11(7-8-14)5-6-13-16-15-12-4-3-9-17(12)13/h10-11H,3-9,14H2,1-2H3. The zero-order chi connectivity index (χ0) is 12.3. The van der Waals surface area contributed by atoms with Gasteiger partial charge in [-0.1, -0.05) is 13.8 Å². The Morgan fingerprint density at radius 2 is 2.12 bits per heavy atom. The number of nitrogens with zero attached hydrogens (tertiary/aromatic N) is 3. The Labute approximate surface area is 104 Å². The summed E-state index contributed by atoms with van der Waals surface area (Å²) in [7, 11) is 0. The maximum atomic E-state index is 5.67. The topological polar surface area (TPSA) is 56.7 Å². The molecular formula is C13H24N4. The van der Waals surface area contributed by atoms with E-state index in [0.717, 1.165) is 32.4 Å². The number of nitrogens with two attached hydrogens (primary N) is 1. The van der Waals surface area contributed by atoms with Crippen molar-refractivity contribution in [2.75, 3.05) is 6.54 Å². The molecule has 1 aromatic rings. The molecule has 4 nitrogen and oxygen atoms in total. The average Bonchev–Trinajstić information content (AvgIpc) is 2.86. The summed E-state index contributed by atoms with van der Waals surface area (Å²) >= 11 is 0. The number of hydrogen-bond acceptors (Lipinski definition) is 3. The first-order valence-electron chi connectivity index (χ1n) is 6.83. The zero-order valence-corrected chi connectivity index (χ0v) is 11.0. The van der Waals surface area contributed by atoms with Crippen molar-refractivity contribution in [3.8, 4) is 0 Å². The van der Waals surface area contributed by atoms with Crippen LogP contribution in [0.25, 0.3) is 0 Å². The van der Waals surface area contributed by atoms with E-state index in [0.29, 0.717) is 11.8 Å². The minimum absolute atomic E-state index is 0.708. The summed E-state index contributed by atoms with van der Waals surface area (Å²) in [5.74, 6) is 3.79. The maximum absolute atomic E-state index is 5.67. The smallest absolute Gasteiger partial charge is 0.133 e. The molecule has 0 spiro atoms. The highest BCUT2D eigenvalue weighted by Crippen LogP contribution is 2.22. The quantitative estimate of drug-likeness (QED) is 0.819. The lowest BCUT2D eigenvalue weighted by molar-refractivity contribution is 0.337. The fraction of sp³-hybridized carbons (Fsp3) is 0.846. The Bertz CT molecular complexity index is 356. The molecule has 1 aromatic heterocycles. The minimum Gasteiger partial charge on any atom is -0.330 e. The number of aromatic nitrogens is 3. The molecule has 4 heteroatoms. The number of rotatable bonds is 6. The summed E-state index contributed by atoms with van der Waals surface area (Å²) in [5, 5.41) is 8.56. The molecule has 2 N–H and O–H groups in total. The summed E-state index contributed by atoms with van der Waals surface area (Å²) in [6.45, 7) is 6.48. The van der Waals surface area contributed by atoms with E-state index < -0.39 is 0 Å². The van der Waals surface area contributed by atoms with Crippen molar-refractivity contribution >= 4 is 0 Å². The van der Waals surface area contributed by atoms with Gasteiger partial charge in [0, 0.05) is 19.4 Å². The summed E-state index contributed by atoms with van der Waals surface area (Å²) in [6.07, 6.45) is 5.69. The number of aryl methyl sites for hydroxylation is 2. The predicted molar refractivity (Wildman–Crippen MR) is 68.7 cm³/mol. The third kappa shape index (κ3) is 2.86. The van der Waals surface area contributed by atoms with Crippen molar-refractivity contribution in [1.29, 1.82) is 0 Å². The van der Waals surface area contributed by atoms with Crippen molar-refractivity contribution in [2.45, 2.75) is 52.5 Å². The molecule has 0 amide bonds. The van der Waals surface area contributed by atoms with Crippen LogP contribution in [-0.4, -0.2) is 21.3 Å². The molecular weight excluding hydrogens is 212 g/mol. The van der Waals surface area contributed by atoms with Gasteiger partial charge in [-0.25, -0.2) is 0 Å². The first-order valence-corrected chi connectivity index (χ1v) is 6.83. The van der Waals surface area contributed by atoms with Crippen molar-refractivity contribution < 1.29 is 0 Å². The molecule has 2 heterocycles. The SMILES string of the molecule is CC(C)C(CCN)CCc1nnc2n1CCC2. The Morgan fingerprint density at radius 1 is 1.29 bits per heavy atom. The minimum atomic E-state index is 0.708. The molecule has 0 bridgehead atoms. The van der Waals surface area contributed by atoms with E-state index in [1.165, 1.54) is 24.5 Å². The fourth-order valence-corrected chi connectivity index (χ4v) is 2.74. The Kier molecular flexibility index (Phi) is 4.15. The van der Waals surface area contributed by atoms with Gasteiger partial charge in [-0.3, -0.25) is 0 Å². The summed E-state index contributed by atoms with van der Waals surface area (Å²) in [4.78, 5) is 0. The lowest BCUT2D eigenvalue weighted by Gasteiger charge is -2.19. The third-order valence-electron chi connectivity index (χ3n) is 3.91. The van der Waals surface area contributed by atoms with Crippen LogP contribution in [0.15, 0.2) is 0 Å². The molecule has 2 rings (SSSR count). The van der Waals surface area contributed by atoms with E-state index in [9.17, 15) is 0 Å². The van der Waals surface area contributed by atoms with Gasteiger partial charge in [0.25, 0.3) is 0 Å². The molecule has 1 aliphatic heterocycles. The second kappa shape index (κ2) is 5.63. The Morgan fingerprint density at radius 3 is 2.82 bits per heavy atom. The summed E-state index contributed by atoms with van der Waals surface area (Å²) < 4.78 is 2.31. The lowest BCUT2D eigenvalue weighted by Crippen LogP contribution is -2.16. The van der Waals surface area contributed by atoms with Gasteiger partial charge in [0.05, 0.1) is 0 Å². The van der Waals surface area contributed by atoms with Crippen molar-refractivity contribution in [3.05, 3.63) is 11.6 Å². The van der Waals surface area contributed by atoms with Crippen LogP contribution in [0.1, 0.15) is 44.8 Å². The predicted octanol–water partition coefficient (Wildman–Crippen LogP) is 1.78. The van der Waals surface area contributed by atoms with Crippen LogP contribution in [-0.2, 0) is 19.4 Å². The van der Waals surface area contributed by atoms with Crippen molar-refractivity contribution in [2.24, 2.45) is 17.6 Å². The Balaban J connectivity index is 1.92. The van der Waals surface area contributed by atoms with Gasteiger partial charge in [-0.05, 0) is 37.6 Å². The van der Waals surface area contributed by atoms with Crippen LogP contribution in [0.2, 0.25) is 0 Å². The highest BCUT2D eigenvalue weighted by molar-refractivity contribution is 5.00. The van der Waals surface area contributed by atoms with Gasteiger partial charge in [0.2, 0.25) is 0 Å². The highest BCUT2D eigenvalue weighted by Gasteiger charge is 2.19. The Hall–Kier alpha value is -0.900. The monoisotopic (exact) mass is 236 g/mol. The highest BCUT2D eigenvalue weighted by atomic mass is 15.3. The molecule has 0 saturated carbocycles. The molecule has 96 valence electrons. The van der Waals surface area contributed by atoms with Crippen LogP contribution >= 0.6 is 0 Å². The van der Waals surface area contributed by atoms with Crippen molar-refractivity contribution in [1.82, 2.24) is 14.8 Å². The van der Waals surface area contributed by atoms with Gasteiger partial charge >= 0.3 is 0 Å². The first kappa shape index (κ1) is 12.6. The number of hydrogen-bond donors (Lipinski definition) is 1. The van der Waals surface area contributed by atoms with Crippen LogP contribution in [0.4, 0.5) is 0 Å². The molecule has 0 aromatic carbocycles. The van der Waals surface area contributed by atoms with Crippen LogP contribution in [0, 0.1) is 11.8 Å². The van der Waals surface area contributed by atoms with Gasteiger partial charge in [-0.15, -0.1) is 10.2 Å².